The summed E-state index contributed by atoms with van der Waals surface area (Å²) in [6.45, 7) is 2.86. The molecule has 96 valence electrons. The summed E-state index contributed by atoms with van der Waals surface area (Å²) in [6, 6.07) is 6.58. The first-order valence-electron chi connectivity index (χ1n) is 5.67. The lowest BCUT2D eigenvalue weighted by Gasteiger charge is -2.03. The van der Waals surface area contributed by atoms with Crippen LogP contribution >= 0.6 is 24.0 Å². The van der Waals surface area contributed by atoms with Crippen molar-refractivity contribution in [3.63, 3.8) is 0 Å². The number of hydrogen-bond acceptors (Lipinski definition) is 3. The van der Waals surface area contributed by atoms with Crippen LogP contribution in [-0.4, -0.2) is 14.8 Å². The summed E-state index contributed by atoms with van der Waals surface area (Å²) < 4.78 is 15.4. The summed E-state index contributed by atoms with van der Waals surface area (Å²) in [5, 5.41) is 6.99. The Kier molecular flexibility index (Phi) is 4.54. The van der Waals surface area contributed by atoms with Crippen LogP contribution < -0.4 is 0 Å². The van der Waals surface area contributed by atoms with E-state index in [-0.39, 0.29) is 5.82 Å². The van der Waals surface area contributed by atoms with Gasteiger partial charge >= 0.3 is 0 Å². The molecule has 0 saturated carbocycles. The molecule has 0 bridgehead atoms. The molecular weight excluding hydrogens is 269 g/mol. The van der Waals surface area contributed by atoms with Gasteiger partial charge in [0.2, 0.25) is 0 Å². The minimum absolute atomic E-state index is 0.198. The second-order valence-corrected chi connectivity index (χ2v) is 5.18. The number of halogens is 1. The highest BCUT2D eigenvalue weighted by Crippen LogP contribution is 2.17. The number of hydrogen-bond donors (Lipinski definition) is 1. The van der Waals surface area contributed by atoms with Crippen LogP contribution in [-0.2, 0) is 18.1 Å². The maximum absolute atomic E-state index is 12.7. The molecule has 1 N–H and O–H groups in total. The molecule has 0 atom stereocenters. The van der Waals surface area contributed by atoms with Crippen molar-refractivity contribution in [3.05, 3.63) is 46.2 Å². The Morgan fingerprint density at radius 1 is 1.33 bits per heavy atom. The van der Waals surface area contributed by atoms with Crippen molar-refractivity contribution in [1.29, 1.82) is 0 Å². The maximum Gasteiger partial charge on any atom is 0.195 e. The molecule has 6 heteroatoms. The van der Waals surface area contributed by atoms with Crippen LogP contribution in [0.4, 0.5) is 4.39 Å². The van der Waals surface area contributed by atoms with E-state index in [1.165, 1.54) is 12.1 Å². The van der Waals surface area contributed by atoms with Gasteiger partial charge in [0.05, 0.1) is 5.75 Å². The van der Waals surface area contributed by atoms with Gasteiger partial charge in [-0.2, -0.15) is 5.10 Å². The fourth-order valence-corrected chi connectivity index (χ4v) is 2.84. The lowest BCUT2D eigenvalue weighted by atomic mass is 10.2. The molecule has 0 spiro atoms. The van der Waals surface area contributed by atoms with Gasteiger partial charge in [0.1, 0.15) is 11.6 Å². The smallest absolute Gasteiger partial charge is 0.195 e. The average Bonchev–Trinajstić information content (AvgIpc) is 2.72. The third kappa shape index (κ3) is 3.20. The predicted molar refractivity (Wildman–Crippen MR) is 74.5 cm³/mol. The van der Waals surface area contributed by atoms with Crippen molar-refractivity contribution < 1.29 is 4.39 Å². The monoisotopic (exact) mass is 283 g/mol. The van der Waals surface area contributed by atoms with Crippen molar-refractivity contribution in [2.24, 2.45) is 0 Å². The first-order chi connectivity index (χ1) is 8.70. The van der Waals surface area contributed by atoms with Crippen LogP contribution in [0.1, 0.15) is 18.3 Å². The van der Waals surface area contributed by atoms with E-state index in [9.17, 15) is 4.39 Å². The predicted octanol–water partition coefficient (Wildman–Crippen LogP) is 3.53. The highest BCUT2D eigenvalue weighted by Gasteiger charge is 2.04. The molecule has 0 fully saturated rings. The molecule has 18 heavy (non-hydrogen) atoms. The largest absolute Gasteiger partial charge is 0.304 e. The number of aromatic nitrogens is 3. The highest BCUT2D eigenvalue weighted by molar-refractivity contribution is 7.97. The summed E-state index contributed by atoms with van der Waals surface area (Å²) in [6.07, 6.45) is 0. The molecule has 0 aliphatic carbocycles. The van der Waals surface area contributed by atoms with E-state index in [1.54, 1.807) is 23.9 Å². The molecule has 0 amide bonds. The lowest BCUT2D eigenvalue weighted by molar-refractivity contribution is 0.627. The van der Waals surface area contributed by atoms with Crippen LogP contribution in [0.3, 0.4) is 0 Å². The van der Waals surface area contributed by atoms with E-state index in [0.29, 0.717) is 4.77 Å². The van der Waals surface area contributed by atoms with Crippen LogP contribution in [0.25, 0.3) is 0 Å². The number of nitrogens with one attached hydrogen (secondary N) is 1. The highest BCUT2D eigenvalue weighted by atomic mass is 32.2. The topological polar surface area (TPSA) is 33.6 Å². The van der Waals surface area contributed by atoms with Gasteiger partial charge in [-0.1, -0.05) is 12.1 Å². The van der Waals surface area contributed by atoms with Crippen molar-refractivity contribution in [3.8, 4) is 0 Å². The number of rotatable bonds is 5. The van der Waals surface area contributed by atoms with Crippen LogP contribution in [0.5, 0.6) is 0 Å². The third-order valence-electron chi connectivity index (χ3n) is 2.57. The van der Waals surface area contributed by atoms with Gasteiger partial charge in [-0.15, -0.1) is 11.8 Å². The average molecular weight is 283 g/mol. The Hall–Kier alpha value is -1.14. The molecular formula is C12H14FN3S2. The van der Waals surface area contributed by atoms with Crippen molar-refractivity contribution >= 4 is 24.0 Å². The third-order valence-corrected chi connectivity index (χ3v) is 3.88. The standard InChI is InChI=1S/C12H14FN3S2/c1-2-16-11(14-15-12(16)17)8-18-7-9-3-5-10(13)6-4-9/h3-6H,2,7-8H2,1H3,(H,15,17). The number of benzene rings is 1. The van der Waals surface area contributed by atoms with E-state index >= 15 is 0 Å². The zero-order chi connectivity index (χ0) is 13.0. The van der Waals surface area contributed by atoms with Gasteiger partial charge in [0.15, 0.2) is 4.77 Å². The first-order valence-corrected chi connectivity index (χ1v) is 7.23. The molecule has 0 aliphatic rings. The van der Waals surface area contributed by atoms with Gasteiger partial charge in [0, 0.05) is 12.3 Å². The van der Waals surface area contributed by atoms with E-state index in [2.05, 4.69) is 10.2 Å². The van der Waals surface area contributed by atoms with E-state index in [1.807, 2.05) is 11.5 Å². The van der Waals surface area contributed by atoms with Crippen LogP contribution in [0.2, 0.25) is 0 Å². The number of nitrogens with zero attached hydrogens (tertiary/aromatic N) is 2. The Morgan fingerprint density at radius 2 is 2.06 bits per heavy atom. The van der Waals surface area contributed by atoms with Crippen molar-refractivity contribution in [1.82, 2.24) is 14.8 Å². The van der Waals surface area contributed by atoms with Crippen molar-refractivity contribution in [2.45, 2.75) is 25.0 Å². The number of H-pyrrole nitrogens is 1. The molecule has 3 nitrogen and oxygen atoms in total. The summed E-state index contributed by atoms with van der Waals surface area (Å²) >= 11 is 6.86. The molecule has 2 aromatic rings. The van der Waals surface area contributed by atoms with Gasteiger partial charge in [-0.25, -0.2) is 4.39 Å². The minimum Gasteiger partial charge on any atom is -0.304 e. The van der Waals surface area contributed by atoms with E-state index < -0.39 is 0 Å². The lowest BCUT2D eigenvalue weighted by Crippen LogP contribution is -2.00. The quantitative estimate of drug-likeness (QED) is 0.852. The SMILES string of the molecule is CCn1c(CSCc2ccc(F)cc2)n[nH]c1=S. The zero-order valence-electron chi connectivity index (χ0n) is 10.0. The van der Waals surface area contributed by atoms with Crippen molar-refractivity contribution in [2.75, 3.05) is 0 Å². The van der Waals surface area contributed by atoms with E-state index in [0.717, 1.165) is 29.4 Å². The molecule has 2 rings (SSSR count). The normalized spacial score (nSPS) is 10.8. The maximum atomic E-state index is 12.7. The van der Waals surface area contributed by atoms with E-state index in [4.69, 9.17) is 12.2 Å². The molecule has 1 aromatic carbocycles. The Balaban J connectivity index is 1.92. The van der Waals surface area contributed by atoms with Crippen LogP contribution in [0.15, 0.2) is 24.3 Å². The number of thioether (sulfide) groups is 1. The number of aromatic amines is 1. The fourth-order valence-electron chi connectivity index (χ4n) is 1.63. The van der Waals surface area contributed by atoms with Crippen LogP contribution in [0, 0.1) is 10.6 Å². The molecule has 0 aliphatic heterocycles. The molecule has 1 aromatic heterocycles. The second kappa shape index (κ2) is 6.15. The van der Waals surface area contributed by atoms with Gasteiger partial charge in [-0.3, -0.25) is 5.10 Å². The first kappa shape index (κ1) is 13.3. The Bertz CT molecular complexity index is 559. The summed E-state index contributed by atoms with van der Waals surface area (Å²) in [5.74, 6) is 2.38. The molecule has 0 saturated heterocycles. The zero-order valence-corrected chi connectivity index (χ0v) is 11.7. The summed E-state index contributed by atoms with van der Waals surface area (Å²) in [7, 11) is 0. The second-order valence-electron chi connectivity index (χ2n) is 3.81. The molecule has 0 unspecified atom stereocenters. The minimum atomic E-state index is -0.198. The van der Waals surface area contributed by atoms with Gasteiger partial charge in [0.25, 0.3) is 0 Å². The summed E-state index contributed by atoms with van der Waals surface area (Å²) in [4.78, 5) is 0. The fraction of sp³-hybridized carbons (Fsp3) is 0.333. The molecule has 1 heterocycles. The Morgan fingerprint density at radius 3 is 2.72 bits per heavy atom. The van der Waals surface area contributed by atoms with Gasteiger partial charge < -0.3 is 4.57 Å². The Labute approximate surface area is 114 Å². The molecule has 0 radical (unpaired) electrons. The summed E-state index contributed by atoms with van der Waals surface area (Å²) in [5.41, 5.74) is 1.11. The van der Waals surface area contributed by atoms with Gasteiger partial charge in [-0.05, 0) is 36.8 Å².